The minimum absolute atomic E-state index is 0.509. The Morgan fingerprint density at radius 1 is 1.39 bits per heavy atom. The zero-order chi connectivity index (χ0) is 13.0. The Hall–Kier alpha value is -1.57. The number of benzene rings is 1. The number of rotatable bonds is 6. The molecule has 1 aliphatic carbocycles. The largest absolute Gasteiger partial charge is 0.399 e. The van der Waals surface area contributed by atoms with Gasteiger partial charge in [-0.15, -0.1) is 0 Å². The van der Waals surface area contributed by atoms with Gasteiger partial charge in [0.15, 0.2) is 0 Å². The number of nitrogens with two attached hydrogens (primary N) is 1. The van der Waals surface area contributed by atoms with Crippen molar-refractivity contribution in [2.75, 3.05) is 18.8 Å². The Morgan fingerprint density at radius 2 is 2.06 bits per heavy atom. The molecule has 2 rings (SSSR count). The summed E-state index contributed by atoms with van der Waals surface area (Å²) in [4.78, 5) is 2.21. The molecule has 1 aliphatic rings. The van der Waals surface area contributed by atoms with E-state index in [0.29, 0.717) is 24.7 Å². The third-order valence-electron chi connectivity index (χ3n) is 3.30. The average molecular weight is 245 g/mol. The van der Waals surface area contributed by atoms with Gasteiger partial charge in [-0.05, 0) is 30.5 Å². The Morgan fingerprint density at radius 3 is 2.61 bits per heavy atom. The molecule has 1 atom stereocenters. The van der Waals surface area contributed by atoms with Crippen LogP contribution in [0.4, 0.5) is 5.69 Å². The standard InChI is InChI=1S/C14H19N3O/c15-8-1-9-17(13-6-7-13)10-14(18)11-2-4-12(16)5-3-11/h2-5,13-14,18H,1,6-7,9-10,16H2. The lowest BCUT2D eigenvalue weighted by molar-refractivity contribution is 0.110. The molecule has 4 nitrogen and oxygen atoms in total. The van der Waals surface area contributed by atoms with Crippen LogP contribution in [0, 0.1) is 11.3 Å². The molecule has 4 heteroatoms. The zero-order valence-corrected chi connectivity index (χ0v) is 10.4. The highest BCUT2D eigenvalue weighted by atomic mass is 16.3. The Labute approximate surface area is 108 Å². The number of aliphatic hydroxyl groups excluding tert-OH is 1. The first-order valence-corrected chi connectivity index (χ1v) is 6.35. The highest BCUT2D eigenvalue weighted by molar-refractivity contribution is 5.39. The SMILES string of the molecule is N#CCCN(CC(O)c1ccc(N)cc1)C1CC1. The maximum atomic E-state index is 10.2. The third kappa shape index (κ3) is 3.46. The van der Waals surface area contributed by atoms with Crippen molar-refractivity contribution in [3.8, 4) is 6.07 Å². The molecule has 0 radical (unpaired) electrons. The summed E-state index contributed by atoms with van der Waals surface area (Å²) >= 11 is 0. The Kier molecular flexibility index (Phi) is 4.19. The van der Waals surface area contributed by atoms with E-state index in [1.165, 1.54) is 12.8 Å². The van der Waals surface area contributed by atoms with Gasteiger partial charge >= 0.3 is 0 Å². The predicted molar refractivity (Wildman–Crippen MR) is 70.6 cm³/mol. The van der Waals surface area contributed by atoms with Crippen LogP contribution < -0.4 is 5.73 Å². The number of nitrogens with zero attached hydrogens (tertiary/aromatic N) is 2. The van der Waals surface area contributed by atoms with Crippen LogP contribution in [0.2, 0.25) is 0 Å². The van der Waals surface area contributed by atoms with Crippen molar-refractivity contribution in [1.82, 2.24) is 4.90 Å². The molecule has 1 fully saturated rings. The van der Waals surface area contributed by atoms with Gasteiger partial charge in [-0.3, -0.25) is 4.90 Å². The molecule has 0 saturated heterocycles. The van der Waals surface area contributed by atoms with Gasteiger partial charge < -0.3 is 10.8 Å². The maximum Gasteiger partial charge on any atom is 0.0917 e. The normalized spacial score (nSPS) is 16.5. The topological polar surface area (TPSA) is 73.3 Å². The summed E-state index contributed by atoms with van der Waals surface area (Å²) in [5, 5.41) is 18.8. The molecule has 0 aliphatic heterocycles. The Bertz CT molecular complexity index is 420. The summed E-state index contributed by atoms with van der Waals surface area (Å²) in [7, 11) is 0. The fourth-order valence-electron chi connectivity index (χ4n) is 2.10. The lowest BCUT2D eigenvalue weighted by atomic mass is 10.1. The van der Waals surface area contributed by atoms with Gasteiger partial charge in [-0.25, -0.2) is 0 Å². The van der Waals surface area contributed by atoms with E-state index in [2.05, 4.69) is 11.0 Å². The second kappa shape index (κ2) is 5.85. The van der Waals surface area contributed by atoms with Gasteiger partial charge in [0.2, 0.25) is 0 Å². The lowest BCUT2D eigenvalue weighted by Crippen LogP contribution is -2.31. The number of aliphatic hydroxyl groups is 1. The number of hydrogen-bond acceptors (Lipinski definition) is 4. The molecule has 1 aromatic carbocycles. The van der Waals surface area contributed by atoms with Crippen LogP contribution >= 0.6 is 0 Å². The minimum atomic E-state index is -0.509. The minimum Gasteiger partial charge on any atom is -0.399 e. The van der Waals surface area contributed by atoms with Gasteiger partial charge in [0.25, 0.3) is 0 Å². The molecule has 0 heterocycles. The third-order valence-corrected chi connectivity index (χ3v) is 3.30. The van der Waals surface area contributed by atoms with Crippen molar-refractivity contribution >= 4 is 5.69 Å². The first-order valence-electron chi connectivity index (χ1n) is 6.35. The maximum absolute atomic E-state index is 10.2. The van der Waals surface area contributed by atoms with E-state index in [0.717, 1.165) is 12.1 Å². The van der Waals surface area contributed by atoms with Gasteiger partial charge in [0.05, 0.1) is 12.2 Å². The summed E-state index contributed by atoms with van der Waals surface area (Å²) in [6, 6.07) is 10.0. The highest BCUT2D eigenvalue weighted by Gasteiger charge is 2.30. The summed E-state index contributed by atoms with van der Waals surface area (Å²) in [6.45, 7) is 1.34. The van der Waals surface area contributed by atoms with Crippen molar-refractivity contribution in [2.45, 2.75) is 31.4 Å². The molecule has 18 heavy (non-hydrogen) atoms. The van der Waals surface area contributed by atoms with Crippen LogP contribution in [-0.4, -0.2) is 29.1 Å². The molecule has 1 saturated carbocycles. The van der Waals surface area contributed by atoms with Crippen molar-refractivity contribution in [1.29, 1.82) is 5.26 Å². The number of nitrogen functional groups attached to an aromatic ring is 1. The van der Waals surface area contributed by atoms with E-state index in [9.17, 15) is 5.11 Å². The smallest absolute Gasteiger partial charge is 0.0917 e. The fraction of sp³-hybridized carbons (Fsp3) is 0.500. The number of anilines is 1. The van der Waals surface area contributed by atoms with Crippen molar-refractivity contribution in [3.63, 3.8) is 0 Å². The van der Waals surface area contributed by atoms with E-state index < -0.39 is 6.10 Å². The average Bonchev–Trinajstić information content (AvgIpc) is 3.19. The first-order chi connectivity index (χ1) is 8.70. The molecule has 0 aromatic heterocycles. The molecular weight excluding hydrogens is 226 g/mol. The summed E-state index contributed by atoms with van der Waals surface area (Å²) in [6.07, 6.45) is 2.37. The molecular formula is C14H19N3O. The van der Waals surface area contributed by atoms with Crippen molar-refractivity contribution in [3.05, 3.63) is 29.8 Å². The molecule has 1 unspecified atom stereocenters. The van der Waals surface area contributed by atoms with Crippen LogP contribution in [0.3, 0.4) is 0 Å². The summed E-state index contributed by atoms with van der Waals surface area (Å²) in [5.74, 6) is 0. The van der Waals surface area contributed by atoms with Crippen LogP contribution in [0.25, 0.3) is 0 Å². The van der Waals surface area contributed by atoms with Gasteiger partial charge in [0.1, 0.15) is 0 Å². The molecule has 3 N–H and O–H groups in total. The van der Waals surface area contributed by atoms with E-state index in [4.69, 9.17) is 11.0 Å². The number of nitriles is 1. The van der Waals surface area contributed by atoms with Crippen LogP contribution in [0.5, 0.6) is 0 Å². The molecule has 0 bridgehead atoms. The second-order valence-corrected chi connectivity index (χ2v) is 4.82. The van der Waals surface area contributed by atoms with E-state index in [1.807, 2.05) is 12.1 Å². The second-order valence-electron chi connectivity index (χ2n) is 4.82. The van der Waals surface area contributed by atoms with Crippen LogP contribution in [-0.2, 0) is 0 Å². The van der Waals surface area contributed by atoms with E-state index in [1.54, 1.807) is 12.1 Å². The van der Waals surface area contributed by atoms with Crippen LogP contribution in [0.1, 0.15) is 30.9 Å². The van der Waals surface area contributed by atoms with Gasteiger partial charge in [0, 0.05) is 31.2 Å². The molecule has 0 spiro atoms. The van der Waals surface area contributed by atoms with Gasteiger partial charge in [-0.2, -0.15) is 5.26 Å². The van der Waals surface area contributed by atoms with E-state index >= 15 is 0 Å². The van der Waals surface area contributed by atoms with Gasteiger partial charge in [-0.1, -0.05) is 12.1 Å². The van der Waals surface area contributed by atoms with Crippen molar-refractivity contribution < 1.29 is 5.11 Å². The number of hydrogen-bond donors (Lipinski definition) is 2. The zero-order valence-electron chi connectivity index (χ0n) is 10.4. The molecule has 1 aromatic rings. The summed E-state index contributed by atoms with van der Waals surface area (Å²) in [5.41, 5.74) is 7.21. The van der Waals surface area contributed by atoms with Crippen molar-refractivity contribution in [2.24, 2.45) is 0 Å². The van der Waals surface area contributed by atoms with Crippen LogP contribution in [0.15, 0.2) is 24.3 Å². The quantitative estimate of drug-likeness (QED) is 0.748. The molecule has 96 valence electrons. The predicted octanol–water partition coefficient (Wildman–Crippen LogP) is 1.68. The Balaban J connectivity index is 1.93. The van der Waals surface area contributed by atoms with E-state index in [-0.39, 0.29) is 0 Å². The first kappa shape index (κ1) is 12.9. The molecule has 0 amide bonds. The monoisotopic (exact) mass is 245 g/mol. The fourth-order valence-corrected chi connectivity index (χ4v) is 2.10. The highest BCUT2D eigenvalue weighted by Crippen LogP contribution is 2.29. The lowest BCUT2D eigenvalue weighted by Gasteiger charge is -2.24. The summed E-state index contributed by atoms with van der Waals surface area (Å²) < 4.78 is 0.